The number of aryl methyl sites for hydroxylation is 2. The van der Waals surface area contributed by atoms with Gasteiger partial charge < -0.3 is 9.73 Å². The molecule has 0 aliphatic carbocycles. The quantitative estimate of drug-likeness (QED) is 0.907. The number of furan rings is 1. The van der Waals surface area contributed by atoms with Crippen LogP contribution in [0.5, 0.6) is 0 Å². The zero-order chi connectivity index (χ0) is 14.0. The SMILES string of the molecule is CCNC(c1cc(F)c(C)cc1F)c1ccoc1C. The first kappa shape index (κ1) is 13.7. The van der Waals surface area contributed by atoms with Gasteiger partial charge in [-0.3, -0.25) is 0 Å². The number of hydrogen-bond donors (Lipinski definition) is 1. The lowest BCUT2D eigenvalue weighted by Crippen LogP contribution is -2.23. The summed E-state index contributed by atoms with van der Waals surface area (Å²) in [5.41, 5.74) is 1.43. The highest BCUT2D eigenvalue weighted by atomic mass is 19.1. The van der Waals surface area contributed by atoms with Gasteiger partial charge in [-0.25, -0.2) is 8.78 Å². The number of rotatable bonds is 4. The Morgan fingerprint density at radius 3 is 2.47 bits per heavy atom. The number of hydrogen-bond acceptors (Lipinski definition) is 2. The number of halogens is 2. The second-order valence-corrected chi connectivity index (χ2v) is 4.55. The predicted octanol–water partition coefficient (Wildman–Crippen LogP) is 3.87. The summed E-state index contributed by atoms with van der Waals surface area (Å²) in [6.07, 6.45) is 1.55. The van der Waals surface area contributed by atoms with Crippen LogP contribution in [0.25, 0.3) is 0 Å². The van der Waals surface area contributed by atoms with Gasteiger partial charge in [-0.2, -0.15) is 0 Å². The molecule has 4 heteroatoms. The summed E-state index contributed by atoms with van der Waals surface area (Å²) >= 11 is 0. The molecule has 0 spiro atoms. The first-order valence-corrected chi connectivity index (χ1v) is 6.27. The molecule has 0 aliphatic heterocycles. The van der Waals surface area contributed by atoms with E-state index in [2.05, 4.69) is 5.32 Å². The van der Waals surface area contributed by atoms with Crippen LogP contribution in [0.2, 0.25) is 0 Å². The van der Waals surface area contributed by atoms with Crippen molar-refractivity contribution in [3.05, 3.63) is 58.5 Å². The van der Waals surface area contributed by atoms with Crippen LogP contribution in [-0.2, 0) is 0 Å². The minimum atomic E-state index is -0.412. The highest BCUT2D eigenvalue weighted by molar-refractivity contribution is 5.36. The van der Waals surface area contributed by atoms with Crippen molar-refractivity contribution in [3.63, 3.8) is 0 Å². The Morgan fingerprint density at radius 1 is 1.16 bits per heavy atom. The van der Waals surface area contributed by atoms with E-state index in [1.807, 2.05) is 13.8 Å². The lowest BCUT2D eigenvalue weighted by Gasteiger charge is -2.19. The summed E-state index contributed by atoms with van der Waals surface area (Å²) in [4.78, 5) is 0. The molecule has 2 aromatic rings. The largest absolute Gasteiger partial charge is 0.469 e. The highest BCUT2D eigenvalue weighted by Crippen LogP contribution is 2.29. The number of nitrogens with one attached hydrogen (secondary N) is 1. The lowest BCUT2D eigenvalue weighted by molar-refractivity contribution is 0.509. The Hall–Kier alpha value is -1.68. The van der Waals surface area contributed by atoms with E-state index in [0.29, 0.717) is 23.4 Å². The molecule has 2 nitrogen and oxygen atoms in total. The Morgan fingerprint density at radius 2 is 1.89 bits per heavy atom. The zero-order valence-electron chi connectivity index (χ0n) is 11.3. The van der Waals surface area contributed by atoms with Crippen LogP contribution in [0, 0.1) is 25.5 Å². The van der Waals surface area contributed by atoms with Crippen LogP contribution < -0.4 is 5.32 Å². The van der Waals surface area contributed by atoms with Crippen LogP contribution in [0.3, 0.4) is 0 Å². The summed E-state index contributed by atoms with van der Waals surface area (Å²) in [6.45, 7) is 5.92. The van der Waals surface area contributed by atoms with Crippen molar-refractivity contribution >= 4 is 0 Å². The molecule has 1 heterocycles. The third-order valence-corrected chi connectivity index (χ3v) is 3.21. The van der Waals surface area contributed by atoms with Crippen molar-refractivity contribution in [1.29, 1.82) is 0 Å². The van der Waals surface area contributed by atoms with Gasteiger partial charge in [0.2, 0.25) is 0 Å². The molecule has 0 saturated carbocycles. The van der Waals surface area contributed by atoms with Gasteiger partial charge in [0, 0.05) is 11.1 Å². The molecule has 0 aliphatic rings. The van der Waals surface area contributed by atoms with Crippen LogP contribution in [0.4, 0.5) is 8.78 Å². The topological polar surface area (TPSA) is 25.2 Å². The van der Waals surface area contributed by atoms with Crippen molar-refractivity contribution in [2.45, 2.75) is 26.8 Å². The summed E-state index contributed by atoms with van der Waals surface area (Å²) in [5, 5.41) is 3.16. The van der Waals surface area contributed by atoms with E-state index >= 15 is 0 Å². The Kier molecular flexibility index (Phi) is 4.00. The molecule has 0 saturated heterocycles. The Labute approximate surface area is 111 Å². The molecular weight excluding hydrogens is 248 g/mol. The maximum Gasteiger partial charge on any atom is 0.128 e. The molecule has 0 amide bonds. The van der Waals surface area contributed by atoms with Crippen molar-refractivity contribution < 1.29 is 13.2 Å². The molecule has 1 aromatic heterocycles. The van der Waals surface area contributed by atoms with Crippen LogP contribution in [0.1, 0.15) is 35.4 Å². The summed E-state index contributed by atoms with van der Waals surface area (Å²) in [6, 6.07) is 3.85. The molecule has 1 atom stereocenters. The van der Waals surface area contributed by atoms with Gasteiger partial charge in [0.1, 0.15) is 17.4 Å². The second kappa shape index (κ2) is 5.53. The van der Waals surface area contributed by atoms with Crippen molar-refractivity contribution in [1.82, 2.24) is 5.32 Å². The van der Waals surface area contributed by atoms with E-state index in [-0.39, 0.29) is 0 Å². The van der Waals surface area contributed by atoms with Crippen molar-refractivity contribution in [2.24, 2.45) is 0 Å². The Balaban J connectivity index is 2.51. The number of benzene rings is 1. The van der Waals surface area contributed by atoms with E-state index in [1.54, 1.807) is 19.3 Å². The van der Waals surface area contributed by atoms with Gasteiger partial charge in [-0.05, 0) is 44.2 Å². The minimum Gasteiger partial charge on any atom is -0.469 e. The molecule has 1 aromatic carbocycles. The molecule has 1 unspecified atom stereocenters. The molecule has 0 radical (unpaired) electrons. The van der Waals surface area contributed by atoms with E-state index < -0.39 is 17.7 Å². The van der Waals surface area contributed by atoms with Gasteiger partial charge in [0.15, 0.2) is 0 Å². The summed E-state index contributed by atoms with van der Waals surface area (Å²) in [5.74, 6) is -0.114. The van der Waals surface area contributed by atoms with Crippen molar-refractivity contribution in [3.8, 4) is 0 Å². The van der Waals surface area contributed by atoms with E-state index in [4.69, 9.17) is 4.42 Å². The van der Waals surface area contributed by atoms with Gasteiger partial charge in [-0.1, -0.05) is 6.92 Å². The molecular formula is C15H17F2NO. The molecule has 19 heavy (non-hydrogen) atoms. The first-order chi connectivity index (χ1) is 9.04. The van der Waals surface area contributed by atoms with Gasteiger partial charge >= 0.3 is 0 Å². The van der Waals surface area contributed by atoms with Crippen LogP contribution in [-0.4, -0.2) is 6.54 Å². The van der Waals surface area contributed by atoms with Crippen LogP contribution in [0.15, 0.2) is 28.9 Å². The third kappa shape index (κ3) is 2.68. The highest BCUT2D eigenvalue weighted by Gasteiger charge is 2.21. The van der Waals surface area contributed by atoms with E-state index in [1.165, 1.54) is 12.1 Å². The average molecular weight is 265 g/mol. The second-order valence-electron chi connectivity index (χ2n) is 4.55. The molecule has 2 rings (SSSR count). The monoisotopic (exact) mass is 265 g/mol. The fourth-order valence-electron chi connectivity index (χ4n) is 2.17. The zero-order valence-corrected chi connectivity index (χ0v) is 11.3. The standard InChI is InChI=1S/C15H17F2NO/c1-4-18-15(11-5-6-19-10(11)3)12-8-13(16)9(2)7-14(12)17/h5-8,15,18H,4H2,1-3H3. The minimum absolute atomic E-state index is 0.300. The molecule has 1 N–H and O–H groups in total. The van der Waals surface area contributed by atoms with Gasteiger partial charge in [0.05, 0.1) is 12.3 Å². The fraction of sp³-hybridized carbons (Fsp3) is 0.333. The Bertz CT molecular complexity index is 578. The van der Waals surface area contributed by atoms with E-state index in [9.17, 15) is 8.78 Å². The predicted molar refractivity (Wildman–Crippen MR) is 70.1 cm³/mol. The van der Waals surface area contributed by atoms with Crippen molar-refractivity contribution in [2.75, 3.05) is 6.54 Å². The molecule has 102 valence electrons. The van der Waals surface area contributed by atoms with Crippen LogP contribution >= 0.6 is 0 Å². The van der Waals surface area contributed by atoms with Gasteiger partial charge in [-0.15, -0.1) is 0 Å². The van der Waals surface area contributed by atoms with Gasteiger partial charge in [0.25, 0.3) is 0 Å². The third-order valence-electron chi connectivity index (χ3n) is 3.21. The molecule has 0 bridgehead atoms. The summed E-state index contributed by atoms with van der Waals surface area (Å²) < 4.78 is 33.0. The summed E-state index contributed by atoms with van der Waals surface area (Å²) in [7, 11) is 0. The lowest BCUT2D eigenvalue weighted by atomic mass is 9.97. The maximum absolute atomic E-state index is 14.1. The smallest absolute Gasteiger partial charge is 0.128 e. The normalized spacial score (nSPS) is 12.7. The average Bonchev–Trinajstić information content (AvgIpc) is 2.77. The maximum atomic E-state index is 14.1. The van der Waals surface area contributed by atoms with E-state index in [0.717, 1.165) is 5.56 Å². The molecule has 0 fully saturated rings. The first-order valence-electron chi connectivity index (χ1n) is 6.27. The fourth-order valence-corrected chi connectivity index (χ4v) is 2.17.